The van der Waals surface area contributed by atoms with E-state index in [0.29, 0.717) is 5.41 Å². The van der Waals surface area contributed by atoms with Gasteiger partial charge in [0.2, 0.25) is 0 Å². The van der Waals surface area contributed by atoms with Crippen LogP contribution in [0.2, 0.25) is 0 Å². The van der Waals surface area contributed by atoms with Crippen molar-refractivity contribution >= 4 is 5.96 Å². The molecule has 0 bridgehead atoms. The molecule has 0 aromatic carbocycles. The first-order valence-corrected chi connectivity index (χ1v) is 9.07. The van der Waals surface area contributed by atoms with Crippen molar-refractivity contribution < 1.29 is 0 Å². The first-order valence-electron chi connectivity index (χ1n) is 9.07. The van der Waals surface area contributed by atoms with Crippen LogP contribution < -0.4 is 5.32 Å². The van der Waals surface area contributed by atoms with Gasteiger partial charge in [-0.15, -0.1) is 0 Å². The first-order chi connectivity index (χ1) is 11.1. The summed E-state index contributed by atoms with van der Waals surface area (Å²) in [5.41, 5.74) is 1.69. The lowest BCUT2D eigenvalue weighted by molar-refractivity contribution is 0.142. The number of nitrogens with one attached hydrogen (secondary N) is 1. The second kappa shape index (κ2) is 8.37. The van der Waals surface area contributed by atoms with Gasteiger partial charge >= 0.3 is 0 Å². The highest BCUT2D eigenvalue weighted by atomic mass is 15.3. The molecule has 130 valence electrons. The van der Waals surface area contributed by atoms with Crippen molar-refractivity contribution in [3.05, 3.63) is 18.0 Å². The molecule has 0 radical (unpaired) electrons. The third kappa shape index (κ3) is 5.26. The van der Waals surface area contributed by atoms with Crippen LogP contribution in [-0.2, 0) is 13.5 Å². The van der Waals surface area contributed by atoms with Crippen molar-refractivity contribution in [3.8, 4) is 0 Å². The van der Waals surface area contributed by atoms with Crippen molar-refractivity contribution in [1.82, 2.24) is 20.0 Å². The van der Waals surface area contributed by atoms with Crippen LogP contribution in [0.1, 0.15) is 52.0 Å². The van der Waals surface area contributed by atoms with E-state index in [9.17, 15) is 0 Å². The lowest BCUT2D eigenvalue weighted by Crippen LogP contribution is -2.49. The Kier molecular flexibility index (Phi) is 6.48. The molecule has 1 saturated heterocycles. The van der Waals surface area contributed by atoms with Gasteiger partial charge < -0.3 is 10.2 Å². The second-order valence-electron chi connectivity index (χ2n) is 7.09. The SMILES string of the molecule is CCCC1(C)CCCN(C(=NCCc2cnn(C)c2)NCC)C1. The number of rotatable bonds is 6. The molecule has 1 aromatic heterocycles. The van der Waals surface area contributed by atoms with Gasteiger partial charge in [0.05, 0.1) is 6.20 Å². The van der Waals surface area contributed by atoms with E-state index in [1.165, 1.54) is 31.2 Å². The molecule has 5 nitrogen and oxygen atoms in total. The van der Waals surface area contributed by atoms with Crippen LogP contribution in [0.3, 0.4) is 0 Å². The molecule has 2 rings (SSSR count). The monoisotopic (exact) mass is 319 g/mol. The van der Waals surface area contributed by atoms with E-state index >= 15 is 0 Å². The van der Waals surface area contributed by atoms with Gasteiger partial charge in [-0.2, -0.15) is 5.10 Å². The summed E-state index contributed by atoms with van der Waals surface area (Å²) in [5, 5.41) is 7.70. The number of aromatic nitrogens is 2. The smallest absolute Gasteiger partial charge is 0.193 e. The molecular formula is C18H33N5. The van der Waals surface area contributed by atoms with Gasteiger partial charge in [-0.1, -0.05) is 20.3 Å². The molecule has 0 spiro atoms. The highest BCUT2D eigenvalue weighted by molar-refractivity contribution is 5.80. The molecule has 0 aliphatic carbocycles. The van der Waals surface area contributed by atoms with Crippen LogP contribution in [-0.4, -0.2) is 46.8 Å². The van der Waals surface area contributed by atoms with Crippen molar-refractivity contribution in [2.24, 2.45) is 17.5 Å². The largest absolute Gasteiger partial charge is 0.357 e. The molecular weight excluding hydrogens is 286 g/mol. The number of hydrogen-bond donors (Lipinski definition) is 1. The van der Waals surface area contributed by atoms with Crippen molar-refractivity contribution in [2.45, 2.75) is 52.9 Å². The normalized spacial score (nSPS) is 22.4. The zero-order valence-electron chi connectivity index (χ0n) is 15.3. The van der Waals surface area contributed by atoms with Crippen LogP contribution in [0, 0.1) is 5.41 Å². The van der Waals surface area contributed by atoms with Gasteiger partial charge in [0.1, 0.15) is 0 Å². The van der Waals surface area contributed by atoms with E-state index in [1.807, 2.05) is 17.9 Å². The number of aryl methyl sites for hydroxylation is 1. The molecule has 23 heavy (non-hydrogen) atoms. The van der Waals surface area contributed by atoms with Gasteiger partial charge in [-0.3, -0.25) is 9.67 Å². The maximum absolute atomic E-state index is 4.86. The lowest BCUT2D eigenvalue weighted by Gasteiger charge is -2.42. The molecule has 1 aliphatic heterocycles. The Balaban J connectivity index is 1.97. The number of hydrogen-bond acceptors (Lipinski definition) is 2. The van der Waals surface area contributed by atoms with E-state index < -0.39 is 0 Å². The summed E-state index contributed by atoms with van der Waals surface area (Å²) in [4.78, 5) is 7.33. The third-order valence-electron chi connectivity index (χ3n) is 4.69. The molecule has 1 aliphatic rings. The Bertz CT molecular complexity index is 503. The topological polar surface area (TPSA) is 45.5 Å². The van der Waals surface area contributed by atoms with E-state index in [2.05, 4.69) is 42.3 Å². The van der Waals surface area contributed by atoms with E-state index in [4.69, 9.17) is 4.99 Å². The molecule has 0 amide bonds. The zero-order valence-corrected chi connectivity index (χ0v) is 15.3. The minimum atomic E-state index is 0.437. The fourth-order valence-electron chi connectivity index (χ4n) is 3.62. The summed E-state index contributed by atoms with van der Waals surface area (Å²) in [6.07, 6.45) is 10.1. The van der Waals surface area contributed by atoms with Crippen LogP contribution in [0.4, 0.5) is 0 Å². The average Bonchev–Trinajstić information content (AvgIpc) is 2.92. The fourth-order valence-corrected chi connectivity index (χ4v) is 3.62. The minimum Gasteiger partial charge on any atom is -0.357 e. The molecule has 1 atom stereocenters. The summed E-state index contributed by atoms with van der Waals surface area (Å²) >= 11 is 0. The van der Waals surface area contributed by atoms with Gasteiger partial charge in [0.25, 0.3) is 0 Å². The van der Waals surface area contributed by atoms with E-state index in [0.717, 1.165) is 38.6 Å². The molecule has 1 aromatic rings. The predicted octanol–water partition coefficient (Wildman–Crippen LogP) is 2.83. The van der Waals surface area contributed by atoms with Crippen LogP contribution in [0.15, 0.2) is 17.4 Å². The highest BCUT2D eigenvalue weighted by Gasteiger charge is 2.31. The van der Waals surface area contributed by atoms with Gasteiger partial charge in [0, 0.05) is 39.4 Å². The van der Waals surface area contributed by atoms with E-state index in [1.54, 1.807) is 0 Å². The standard InChI is InChI=1S/C18H33N5/c1-5-9-18(3)10-7-12-23(15-18)17(19-6-2)20-11-8-16-13-21-22(4)14-16/h13-14H,5-12,15H2,1-4H3,(H,19,20). The van der Waals surface area contributed by atoms with Crippen molar-refractivity contribution in [3.63, 3.8) is 0 Å². The van der Waals surface area contributed by atoms with Gasteiger partial charge in [0.15, 0.2) is 5.96 Å². The summed E-state index contributed by atoms with van der Waals surface area (Å²) in [5.74, 6) is 1.08. The minimum absolute atomic E-state index is 0.437. The Morgan fingerprint density at radius 2 is 2.26 bits per heavy atom. The lowest BCUT2D eigenvalue weighted by atomic mass is 9.78. The number of piperidine rings is 1. The first kappa shape index (κ1) is 17.8. The average molecular weight is 319 g/mol. The molecule has 1 fully saturated rings. The van der Waals surface area contributed by atoms with Gasteiger partial charge in [-0.05, 0) is 43.6 Å². The van der Waals surface area contributed by atoms with Crippen molar-refractivity contribution in [1.29, 1.82) is 0 Å². The highest BCUT2D eigenvalue weighted by Crippen LogP contribution is 2.33. The van der Waals surface area contributed by atoms with Crippen LogP contribution in [0.5, 0.6) is 0 Å². The van der Waals surface area contributed by atoms with Gasteiger partial charge in [-0.25, -0.2) is 0 Å². The van der Waals surface area contributed by atoms with Crippen LogP contribution in [0.25, 0.3) is 0 Å². The molecule has 1 unspecified atom stereocenters. The summed E-state index contributed by atoms with van der Waals surface area (Å²) < 4.78 is 1.85. The molecule has 1 N–H and O–H groups in total. The van der Waals surface area contributed by atoms with Crippen molar-refractivity contribution in [2.75, 3.05) is 26.2 Å². The fraction of sp³-hybridized carbons (Fsp3) is 0.778. The Labute approximate surface area is 141 Å². The summed E-state index contributed by atoms with van der Waals surface area (Å²) in [6, 6.07) is 0. The second-order valence-corrected chi connectivity index (χ2v) is 7.09. The zero-order chi connectivity index (χ0) is 16.7. The maximum atomic E-state index is 4.86. The van der Waals surface area contributed by atoms with E-state index in [-0.39, 0.29) is 0 Å². The quantitative estimate of drug-likeness (QED) is 0.648. The maximum Gasteiger partial charge on any atom is 0.193 e. The summed E-state index contributed by atoms with van der Waals surface area (Å²) in [7, 11) is 1.96. The molecule has 0 saturated carbocycles. The number of likely N-dealkylation sites (tertiary alicyclic amines) is 1. The molecule has 2 heterocycles. The summed E-state index contributed by atoms with van der Waals surface area (Å²) in [6.45, 7) is 10.9. The Hall–Kier alpha value is -1.52. The molecule has 5 heteroatoms. The Morgan fingerprint density at radius 1 is 1.43 bits per heavy atom. The predicted molar refractivity (Wildman–Crippen MR) is 96.7 cm³/mol. The number of aliphatic imine (C=N–C) groups is 1. The third-order valence-corrected chi connectivity index (χ3v) is 4.69. The Morgan fingerprint density at radius 3 is 2.91 bits per heavy atom. The van der Waals surface area contributed by atoms with Crippen LogP contribution >= 0.6 is 0 Å². The number of guanidine groups is 1. The number of nitrogens with zero attached hydrogens (tertiary/aromatic N) is 4.